The normalized spacial score (nSPS) is 11.3. The molecule has 1 aromatic heterocycles. The Morgan fingerprint density at radius 1 is 0.878 bits per heavy atom. The number of hydrogen-bond donors (Lipinski definition) is 0. The van der Waals surface area contributed by atoms with E-state index in [4.69, 9.17) is 14.2 Å². The first-order valence-electron chi connectivity index (χ1n) is 14.0. The quantitative estimate of drug-likeness (QED) is 0.215. The van der Waals surface area contributed by atoms with Gasteiger partial charge in [0.15, 0.2) is 11.5 Å². The standard InChI is InChI=1S/C33H44N2O5S/c1-24-16-20-41-30(24)22-34(18-15-25-9-14-28(39-6)29(21-25)40-7)31(36)23-35(17-8-19-38-5)32(37)26-10-12-27(13-11-26)33(2,3)4/h9-14,16,20-21H,8,15,17-19,22-23H2,1-7H3. The van der Waals surface area contributed by atoms with Crippen molar-refractivity contribution in [1.29, 1.82) is 0 Å². The van der Waals surface area contributed by atoms with Crippen LogP contribution in [0.3, 0.4) is 0 Å². The van der Waals surface area contributed by atoms with Gasteiger partial charge >= 0.3 is 0 Å². The Morgan fingerprint density at radius 3 is 2.17 bits per heavy atom. The SMILES string of the molecule is COCCCN(CC(=O)N(CCc1ccc(OC)c(OC)c1)Cc1sccc1C)C(=O)c1ccc(C(C)(C)C)cc1. The predicted octanol–water partition coefficient (Wildman–Crippen LogP) is 6.12. The van der Waals surface area contributed by atoms with Crippen LogP contribution in [0.5, 0.6) is 11.5 Å². The van der Waals surface area contributed by atoms with Gasteiger partial charge in [0.2, 0.25) is 5.91 Å². The minimum Gasteiger partial charge on any atom is -0.493 e. The maximum Gasteiger partial charge on any atom is 0.254 e. The lowest BCUT2D eigenvalue weighted by Crippen LogP contribution is -2.44. The van der Waals surface area contributed by atoms with Crippen molar-refractivity contribution in [2.24, 2.45) is 0 Å². The summed E-state index contributed by atoms with van der Waals surface area (Å²) in [6.07, 6.45) is 1.29. The zero-order valence-electron chi connectivity index (χ0n) is 25.5. The maximum absolute atomic E-state index is 13.9. The van der Waals surface area contributed by atoms with Crippen LogP contribution in [0.4, 0.5) is 0 Å². The molecule has 0 spiro atoms. The summed E-state index contributed by atoms with van der Waals surface area (Å²) < 4.78 is 16.1. The molecule has 0 saturated heterocycles. The van der Waals surface area contributed by atoms with Crippen LogP contribution in [0.25, 0.3) is 0 Å². The third-order valence-electron chi connectivity index (χ3n) is 7.16. The Bertz CT molecular complexity index is 1280. The molecule has 3 aromatic rings. The molecule has 7 nitrogen and oxygen atoms in total. The van der Waals surface area contributed by atoms with Crippen molar-refractivity contribution in [3.05, 3.63) is 81.0 Å². The Kier molecular flexibility index (Phi) is 11.8. The molecular weight excluding hydrogens is 536 g/mol. The second-order valence-corrected chi connectivity index (χ2v) is 12.2. The first-order valence-corrected chi connectivity index (χ1v) is 14.9. The van der Waals surface area contributed by atoms with E-state index in [9.17, 15) is 9.59 Å². The summed E-state index contributed by atoms with van der Waals surface area (Å²) in [7, 11) is 4.87. The molecule has 0 fully saturated rings. The van der Waals surface area contributed by atoms with Gasteiger partial charge in [0, 0.05) is 37.2 Å². The first-order chi connectivity index (χ1) is 19.6. The summed E-state index contributed by atoms with van der Waals surface area (Å²) in [6.45, 7) is 10.4. The number of carbonyl (C=O) groups excluding carboxylic acids is 2. The van der Waals surface area contributed by atoms with E-state index in [0.717, 1.165) is 21.6 Å². The third-order valence-corrected chi connectivity index (χ3v) is 8.17. The van der Waals surface area contributed by atoms with Gasteiger partial charge in [-0.05, 0) is 77.6 Å². The van der Waals surface area contributed by atoms with Crippen molar-refractivity contribution >= 4 is 23.2 Å². The lowest BCUT2D eigenvalue weighted by Gasteiger charge is -2.28. The molecule has 0 unspecified atom stereocenters. The number of aryl methyl sites for hydroxylation is 1. The summed E-state index contributed by atoms with van der Waals surface area (Å²) in [5.41, 5.74) is 3.92. The van der Waals surface area contributed by atoms with E-state index in [-0.39, 0.29) is 23.8 Å². The predicted molar refractivity (Wildman–Crippen MR) is 165 cm³/mol. The van der Waals surface area contributed by atoms with Crippen LogP contribution in [0.15, 0.2) is 53.9 Å². The number of carbonyl (C=O) groups is 2. The van der Waals surface area contributed by atoms with Crippen molar-refractivity contribution in [3.8, 4) is 11.5 Å². The van der Waals surface area contributed by atoms with Gasteiger partial charge in [-0.25, -0.2) is 0 Å². The Morgan fingerprint density at radius 2 is 1.59 bits per heavy atom. The minimum atomic E-state index is -0.151. The lowest BCUT2D eigenvalue weighted by molar-refractivity contribution is -0.132. The molecular formula is C33H44N2O5S. The largest absolute Gasteiger partial charge is 0.493 e. The fraction of sp³-hybridized carbons (Fsp3) is 0.455. The summed E-state index contributed by atoms with van der Waals surface area (Å²) >= 11 is 1.64. The van der Waals surface area contributed by atoms with E-state index in [1.165, 1.54) is 0 Å². The highest BCUT2D eigenvalue weighted by Crippen LogP contribution is 2.28. The van der Waals surface area contributed by atoms with E-state index in [0.29, 0.717) is 56.1 Å². The van der Waals surface area contributed by atoms with Gasteiger partial charge in [-0.2, -0.15) is 0 Å². The number of thiophene rings is 1. The highest BCUT2D eigenvalue weighted by molar-refractivity contribution is 7.10. The second-order valence-electron chi connectivity index (χ2n) is 11.2. The molecule has 0 aliphatic carbocycles. The minimum absolute atomic E-state index is 0.0000730. The van der Waals surface area contributed by atoms with Crippen LogP contribution in [0.1, 0.15) is 59.1 Å². The van der Waals surface area contributed by atoms with Gasteiger partial charge in [-0.1, -0.05) is 39.0 Å². The summed E-state index contributed by atoms with van der Waals surface area (Å²) in [6, 6.07) is 15.6. The monoisotopic (exact) mass is 580 g/mol. The van der Waals surface area contributed by atoms with E-state index >= 15 is 0 Å². The number of hydrogen-bond acceptors (Lipinski definition) is 6. The molecule has 0 bridgehead atoms. The van der Waals surface area contributed by atoms with Crippen LogP contribution < -0.4 is 9.47 Å². The van der Waals surface area contributed by atoms with E-state index in [1.807, 2.05) is 52.7 Å². The van der Waals surface area contributed by atoms with Gasteiger partial charge < -0.3 is 24.0 Å². The zero-order chi connectivity index (χ0) is 30.0. The number of methoxy groups -OCH3 is 3. The van der Waals surface area contributed by atoms with E-state index in [1.54, 1.807) is 37.6 Å². The fourth-order valence-electron chi connectivity index (χ4n) is 4.54. The average molecular weight is 581 g/mol. The molecule has 2 amide bonds. The van der Waals surface area contributed by atoms with Crippen LogP contribution in [0, 0.1) is 6.92 Å². The molecule has 3 rings (SSSR count). The molecule has 0 saturated carbocycles. The van der Waals surface area contributed by atoms with E-state index in [2.05, 4.69) is 33.8 Å². The number of benzene rings is 2. The van der Waals surface area contributed by atoms with Crippen molar-refractivity contribution in [2.75, 3.05) is 47.6 Å². The molecule has 8 heteroatoms. The molecule has 222 valence electrons. The van der Waals surface area contributed by atoms with Crippen molar-refractivity contribution in [1.82, 2.24) is 9.80 Å². The number of ether oxygens (including phenoxy) is 3. The Hall–Kier alpha value is -3.36. The maximum atomic E-state index is 13.9. The van der Waals surface area contributed by atoms with Gasteiger partial charge in [-0.15, -0.1) is 11.3 Å². The molecule has 1 heterocycles. The number of amides is 2. The van der Waals surface area contributed by atoms with Crippen molar-refractivity contribution in [2.45, 2.75) is 52.5 Å². The smallest absolute Gasteiger partial charge is 0.254 e. The summed E-state index contributed by atoms with van der Waals surface area (Å²) in [4.78, 5) is 32.1. The Balaban J connectivity index is 1.81. The molecule has 41 heavy (non-hydrogen) atoms. The summed E-state index contributed by atoms with van der Waals surface area (Å²) in [5, 5.41) is 2.05. The molecule has 0 aliphatic rings. The molecule has 0 atom stereocenters. The van der Waals surface area contributed by atoms with Crippen LogP contribution in [-0.4, -0.2) is 69.2 Å². The lowest BCUT2D eigenvalue weighted by atomic mass is 9.86. The third kappa shape index (κ3) is 9.07. The molecule has 0 radical (unpaired) electrons. The van der Waals surface area contributed by atoms with E-state index < -0.39 is 0 Å². The fourth-order valence-corrected chi connectivity index (χ4v) is 5.46. The highest BCUT2D eigenvalue weighted by Gasteiger charge is 2.24. The zero-order valence-corrected chi connectivity index (χ0v) is 26.3. The van der Waals surface area contributed by atoms with Gasteiger partial charge in [0.25, 0.3) is 5.91 Å². The first kappa shape index (κ1) is 32.2. The number of nitrogens with zero attached hydrogens (tertiary/aromatic N) is 2. The molecule has 0 aliphatic heterocycles. The van der Waals surface area contributed by atoms with Crippen LogP contribution in [-0.2, 0) is 27.9 Å². The van der Waals surface area contributed by atoms with Crippen LogP contribution >= 0.6 is 11.3 Å². The van der Waals surface area contributed by atoms with Crippen molar-refractivity contribution in [3.63, 3.8) is 0 Å². The topological polar surface area (TPSA) is 68.3 Å². The van der Waals surface area contributed by atoms with Gasteiger partial charge in [-0.3, -0.25) is 9.59 Å². The van der Waals surface area contributed by atoms with Crippen molar-refractivity contribution < 1.29 is 23.8 Å². The second kappa shape index (κ2) is 15.0. The van der Waals surface area contributed by atoms with Gasteiger partial charge in [0.05, 0.1) is 20.8 Å². The molecule has 2 aromatic carbocycles. The molecule has 0 N–H and O–H groups in total. The number of rotatable bonds is 14. The highest BCUT2D eigenvalue weighted by atomic mass is 32.1. The van der Waals surface area contributed by atoms with Crippen LogP contribution in [0.2, 0.25) is 0 Å². The van der Waals surface area contributed by atoms with Gasteiger partial charge in [0.1, 0.15) is 6.54 Å². The Labute approximate surface area is 249 Å². The summed E-state index contributed by atoms with van der Waals surface area (Å²) in [5.74, 6) is 1.08. The average Bonchev–Trinajstić information content (AvgIpc) is 3.37.